The minimum Gasteiger partial charge on any atom is -0.496 e. The minimum absolute atomic E-state index is 0.152. The summed E-state index contributed by atoms with van der Waals surface area (Å²) in [7, 11) is -2.31. The fourth-order valence-electron chi connectivity index (χ4n) is 2.84. The van der Waals surface area contributed by atoms with Crippen molar-refractivity contribution >= 4 is 16.0 Å². The summed E-state index contributed by atoms with van der Waals surface area (Å²) < 4.78 is 32.1. The monoisotopic (exact) mass is 327 g/mol. The Bertz CT molecular complexity index is 683. The number of rotatable bonds is 4. The smallest absolute Gasteiger partial charge is 0.322 e. The highest BCUT2D eigenvalue weighted by molar-refractivity contribution is 7.89. The molecule has 0 radical (unpaired) electrons. The van der Waals surface area contributed by atoms with Crippen LogP contribution in [0.2, 0.25) is 0 Å². The van der Waals surface area contributed by atoms with E-state index in [4.69, 9.17) is 4.74 Å². The number of ether oxygens (including phenoxy) is 1. The van der Waals surface area contributed by atoms with Crippen LogP contribution in [0.5, 0.6) is 5.75 Å². The maximum atomic E-state index is 12.9. The van der Waals surface area contributed by atoms with E-state index in [1.54, 1.807) is 19.9 Å². The van der Waals surface area contributed by atoms with E-state index in [-0.39, 0.29) is 11.4 Å². The number of piperidine rings is 1. The fraction of sp³-hybridized carbons (Fsp3) is 0.533. The summed E-state index contributed by atoms with van der Waals surface area (Å²) in [6.45, 7) is 3.74. The van der Waals surface area contributed by atoms with Gasteiger partial charge in [-0.15, -0.1) is 0 Å². The molecule has 7 heteroatoms. The van der Waals surface area contributed by atoms with Gasteiger partial charge in [-0.25, -0.2) is 8.42 Å². The van der Waals surface area contributed by atoms with Gasteiger partial charge in [0, 0.05) is 6.54 Å². The molecule has 1 fully saturated rings. The van der Waals surface area contributed by atoms with Crippen LogP contribution in [-0.4, -0.2) is 43.5 Å². The molecule has 1 atom stereocenters. The van der Waals surface area contributed by atoms with E-state index in [1.165, 1.54) is 13.2 Å². The first kappa shape index (κ1) is 16.8. The third-order valence-electron chi connectivity index (χ3n) is 4.23. The van der Waals surface area contributed by atoms with Crippen LogP contribution in [0.15, 0.2) is 17.0 Å². The van der Waals surface area contributed by atoms with E-state index in [2.05, 4.69) is 0 Å². The molecule has 0 bridgehead atoms. The van der Waals surface area contributed by atoms with Crippen molar-refractivity contribution in [3.05, 3.63) is 23.3 Å². The van der Waals surface area contributed by atoms with Crippen LogP contribution in [0.25, 0.3) is 0 Å². The van der Waals surface area contributed by atoms with Crippen molar-refractivity contribution in [2.45, 2.75) is 44.0 Å². The zero-order valence-corrected chi connectivity index (χ0v) is 13.8. The number of hydrogen-bond donors (Lipinski definition) is 1. The fourth-order valence-corrected chi connectivity index (χ4v) is 4.77. The maximum Gasteiger partial charge on any atom is 0.322 e. The topological polar surface area (TPSA) is 83.9 Å². The maximum absolute atomic E-state index is 12.9. The standard InChI is InChI=1S/C15H21NO5S/c1-10-11(2)14(8-7-13(10)21-3)22(19,20)16-9-5-4-6-12(16)15(17)18/h7-8,12H,4-6,9H2,1-3H3,(H,17,18). The second-order valence-electron chi connectivity index (χ2n) is 5.48. The summed E-state index contributed by atoms with van der Waals surface area (Å²) in [5.74, 6) is -0.476. The van der Waals surface area contributed by atoms with Gasteiger partial charge in [-0.3, -0.25) is 4.79 Å². The number of sulfonamides is 1. The number of nitrogens with zero attached hydrogens (tertiary/aromatic N) is 1. The molecule has 122 valence electrons. The molecule has 1 aromatic carbocycles. The van der Waals surface area contributed by atoms with Gasteiger partial charge in [-0.05, 0) is 56.4 Å². The van der Waals surface area contributed by atoms with Crippen LogP contribution in [0.1, 0.15) is 30.4 Å². The highest BCUT2D eigenvalue weighted by Gasteiger charge is 2.38. The molecular formula is C15H21NO5S. The van der Waals surface area contributed by atoms with Crippen molar-refractivity contribution in [2.24, 2.45) is 0 Å². The summed E-state index contributed by atoms with van der Waals surface area (Å²) >= 11 is 0. The Kier molecular flexibility index (Phi) is 4.77. The first-order valence-corrected chi connectivity index (χ1v) is 8.63. The predicted molar refractivity (Wildman–Crippen MR) is 81.6 cm³/mol. The van der Waals surface area contributed by atoms with Crippen LogP contribution in [0.3, 0.4) is 0 Å². The van der Waals surface area contributed by atoms with Crippen molar-refractivity contribution in [3.8, 4) is 5.75 Å². The second-order valence-corrected chi connectivity index (χ2v) is 7.34. The number of aliphatic carboxylic acids is 1. The summed E-state index contributed by atoms with van der Waals surface area (Å²) in [6.07, 6.45) is 1.75. The van der Waals surface area contributed by atoms with Gasteiger partial charge in [0.25, 0.3) is 0 Å². The van der Waals surface area contributed by atoms with Gasteiger partial charge < -0.3 is 9.84 Å². The molecule has 2 rings (SSSR count). The molecule has 0 amide bonds. The van der Waals surface area contributed by atoms with E-state index in [0.29, 0.717) is 24.2 Å². The summed E-state index contributed by atoms with van der Waals surface area (Å²) in [5, 5.41) is 9.30. The summed E-state index contributed by atoms with van der Waals surface area (Å²) in [5.41, 5.74) is 1.33. The normalized spacial score (nSPS) is 19.9. The van der Waals surface area contributed by atoms with Crippen LogP contribution in [0, 0.1) is 13.8 Å². The number of benzene rings is 1. The lowest BCUT2D eigenvalue weighted by molar-refractivity contribution is -0.142. The van der Waals surface area contributed by atoms with Crippen molar-refractivity contribution in [2.75, 3.05) is 13.7 Å². The molecule has 1 saturated heterocycles. The van der Waals surface area contributed by atoms with Crippen LogP contribution in [0.4, 0.5) is 0 Å². The van der Waals surface area contributed by atoms with E-state index < -0.39 is 22.0 Å². The third-order valence-corrected chi connectivity index (χ3v) is 6.29. The number of hydrogen-bond acceptors (Lipinski definition) is 4. The molecule has 1 unspecified atom stereocenters. The zero-order valence-electron chi connectivity index (χ0n) is 13.0. The Morgan fingerprint density at radius 2 is 1.95 bits per heavy atom. The minimum atomic E-state index is -3.84. The predicted octanol–water partition coefficient (Wildman–Crippen LogP) is 1.94. The second kappa shape index (κ2) is 6.26. The van der Waals surface area contributed by atoms with Gasteiger partial charge >= 0.3 is 5.97 Å². The highest BCUT2D eigenvalue weighted by Crippen LogP contribution is 2.31. The number of carbonyl (C=O) groups is 1. The number of carboxylic acid groups (broad SMARTS) is 1. The lowest BCUT2D eigenvalue weighted by Crippen LogP contribution is -2.48. The quantitative estimate of drug-likeness (QED) is 0.913. The van der Waals surface area contributed by atoms with Crippen LogP contribution < -0.4 is 4.74 Å². The SMILES string of the molecule is COc1ccc(S(=O)(=O)N2CCCCC2C(=O)O)c(C)c1C. The molecule has 1 aliphatic rings. The number of methoxy groups -OCH3 is 1. The van der Waals surface area contributed by atoms with E-state index >= 15 is 0 Å². The van der Waals surface area contributed by atoms with E-state index in [0.717, 1.165) is 16.3 Å². The first-order valence-electron chi connectivity index (χ1n) is 7.19. The Morgan fingerprint density at radius 1 is 1.27 bits per heavy atom. The molecule has 1 aliphatic heterocycles. The Labute approximate surface area is 130 Å². The van der Waals surface area contributed by atoms with Crippen LogP contribution >= 0.6 is 0 Å². The molecule has 6 nitrogen and oxygen atoms in total. The Hall–Kier alpha value is -1.60. The lowest BCUT2D eigenvalue weighted by Gasteiger charge is -2.32. The molecule has 0 aromatic heterocycles. The van der Waals surface area contributed by atoms with Crippen molar-refractivity contribution in [1.29, 1.82) is 0 Å². The van der Waals surface area contributed by atoms with Gasteiger partial charge in [-0.1, -0.05) is 0 Å². The van der Waals surface area contributed by atoms with Crippen molar-refractivity contribution in [3.63, 3.8) is 0 Å². The average Bonchev–Trinajstić information content (AvgIpc) is 2.49. The van der Waals surface area contributed by atoms with Crippen LogP contribution in [-0.2, 0) is 14.8 Å². The highest BCUT2D eigenvalue weighted by atomic mass is 32.2. The molecule has 0 saturated carbocycles. The zero-order chi connectivity index (χ0) is 16.5. The van der Waals surface area contributed by atoms with Gasteiger partial charge in [0.2, 0.25) is 10.0 Å². The van der Waals surface area contributed by atoms with Gasteiger partial charge in [0.1, 0.15) is 11.8 Å². The first-order chi connectivity index (χ1) is 10.3. The molecule has 1 N–H and O–H groups in total. The molecular weight excluding hydrogens is 306 g/mol. The molecule has 1 aromatic rings. The number of carboxylic acids is 1. The van der Waals surface area contributed by atoms with Gasteiger partial charge in [0.15, 0.2) is 0 Å². The van der Waals surface area contributed by atoms with Gasteiger partial charge in [-0.2, -0.15) is 4.31 Å². The largest absolute Gasteiger partial charge is 0.496 e. The Morgan fingerprint density at radius 3 is 2.55 bits per heavy atom. The van der Waals surface area contributed by atoms with Crippen molar-refractivity contribution in [1.82, 2.24) is 4.31 Å². The van der Waals surface area contributed by atoms with E-state index in [9.17, 15) is 18.3 Å². The van der Waals surface area contributed by atoms with Crippen molar-refractivity contribution < 1.29 is 23.1 Å². The summed E-state index contributed by atoms with van der Waals surface area (Å²) in [4.78, 5) is 11.5. The Balaban J connectivity index is 2.50. The molecule has 0 aliphatic carbocycles. The molecule has 0 spiro atoms. The van der Waals surface area contributed by atoms with E-state index in [1.807, 2.05) is 0 Å². The third kappa shape index (κ3) is 2.83. The average molecular weight is 327 g/mol. The molecule has 1 heterocycles. The summed E-state index contributed by atoms with van der Waals surface area (Å²) in [6, 6.07) is 2.11. The molecule has 22 heavy (non-hydrogen) atoms. The lowest BCUT2D eigenvalue weighted by atomic mass is 10.1. The van der Waals surface area contributed by atoms with Gasteiger partial charge in [0.05, 0.1) is 12.0 Å².